The Kier molecular flexibility index (Phi) is 4.45. The molecule has 0 aliphatic rings. The van der Waals surface area contributed by atoms with Crippen molar-refractivity contribution in [1.29, 1.82) is 0 Å². The fourth-order valence-corrected chi connectivity index (χ4v) is 2.00. The van der Waals surface area contributed by atoms with Crippen LogP contribution in [0.3, 0.4) is 0 Å². The van der Waals surface area contributed by atoms with Crippen molar-refractivity contribution in [3.05, 3.63) is 40.5 Å². The van der Waals surface area contributed by atoms with Gasteiger partial charge in [0.1, 0.15) is 5.75 Å². The first-order chi connectivity index (χ1) is 9.11. The highest BCUT2D eigenvalue weighted by atomic mass is 35.5. The summed E-state index contributed by atoms with van der Waals surface area (Å²) in [7, 11) is 1.88. The Morgan fingerprint density at radius 1 is 1.32 bits per heavy atom. The number of aromatic nitrogens is 2. The second-order valence-electron chi connectivity index (χ2n) is 4.33. The minimum atomic E-state index is 0.696. The van der Waals surface area contributed by atoms with Crippen molar-refractivity contribution in [2.75, 3.05) is 6.54 Å². The van der Waals surface area contributed by atoms with Crippen molar-refractivity contribution in [3.8, 4) is 11.6 Å². The van der Waals surface area contributed by atoms with Crippen LogP contribution < -0.4 is 10.1 Å². The van der Waals surface area contributed by atoms with Gasteiger partial charge < -0.3 is 10.1 Å². The van der Waals surface area contributed by atoms with E-state index in [1.807, 2.05) is 38.2 Å². The lowest BCUT2D eigenvalue weighted by molar-refractivity contribution is 0.424. The largest absolute Gasteiger partial charge is 0.439 e. The van der Waals surface area contributed by atoms with Gasteiger partial charge in [-0.3, -0.25) is 0 Å². The minimum Gasteiger partial charge on any atom is -0.439 e. The van der Waals surface area contributed by atoms with Crippen LogP contribution in [0.4, 0.5) is 0 Å². The normalized spacial score (nSPS) is 10.7. The van der Waals surface area contributed by atoms with Gasteiger partial charge >= 0.3 is 0 Å². The molecule has 0 spiro atoms. The smallest absolute Gasteiger partial charge is 0.222 e. The lowest BCUT2D eigenvalue weighted by Crippen LogP contribution is -2.12. The van der Waals surface area contributed by atoms with Gasteiger partial charge in [-0.1, -0.05) is 18.5 Å². The van der Waals surface area contributed by atoms with E-state index in [1.165, 1.54) is 0 Å². The van der Waals surface area contributed by atoms with E-state index in [1.54, 1.807) is 4.68 Å². The Morgan fingerprint density at radius 2 is 2.00 bits per heavy atom. The Balaban J connectivity index is 2.25. The number of nitrogens with zero attached hydrogens (tertiary/aromatic N) is 2. The summed E-state index contributed by atoms with van der Waals surface area (Å²) in [6, 6.07) is 7.32. The van der Waals surface area contributed by atoms with Crippen LogP contribution in [-0.2, 0) is 13.6 Å². The summed E-state index contributed by atoms with van der Waals surface area (Å²) >= 11 is 5.87. The third-order valence-corrected chi connectivity index (χ3v) is 3.12. The fraction of sp³-hybridized carbons (Fsp3) is 0.357. The monoisotopic (exact) mass is 279 g/mol. The standard InChI is InChI=1S/C14H18ClN3O/c1-4-16-9-13-10(2)17-18(3)14(13)19-12-7-5-11(15)6-8-12/h5-8,16H,4,9H2,1-3H3. The van der Waals surface area contributed by atoms with Gasteiger partial charge in [0.15, 0.2) is 0 Å². The fourth-order valence-electron chi connectivity index (χ4n) is 1.88. The highest BCUT2D eigenvalue weighted by Crippen LogP contribution is 2.27. The Hall–Kier alpha value is -1.52. The van der Waals surface area contributed by atoms with Gasteiger partial charge in [0.2, 0.25) is 5.88 Å². The number of rotatable bonds is 5. The predicted octanol–water partition coefficient (Wildman–Crippen LogP) is 3.28. The van der Waals surface area contributed by atoms with Gasteiger partial charge in [0.25, 0.3) is 0 Å². The summed E-state index contributed by atoms with van der Waals surface area (Å²) < 4.78 is 7.68. The number of benzene rings is 1. The molecule has 19 heavy (non-hydrogen) atoms. The number of nitrogens with one attached hydrogen (secondary N) is 1. The highest BCUT2D eigenvalue weighted by molar-refractivity contribution is 6.30. The maximum atomic E-state index is 5.91. The SMILES string of the molecule is CCNCc1c(C)nn(C)c1Oc1ccc(Cl)cc1. The molecule has 2 aromatic rings. The van der Waals surface area contributed by atoms with E-state index >= 15 is 0 Å². The first-order valence-electron chi connectivity index (χ1n) is 6.28. The van der Waals surface area contributed by atoms with Crippen molar-refractivity contribution in [3.63, 3.8) is 0 Å². The van der Waals surface area contributed by atoms with E-state index < -0.39 is 0 Å². The summed E-state index contributed by atoms with van der Waals surface area (Å²) in [4.78, 5) is 0. The van der Waals surface area contributed by atoms with Crippen LogP contribution in [0.15, 0.2) is 24.3 Å². The third-order valence-electron chi connectivity index (χ3n) is 2.87. The van der Waals surface area contributed by atoms with Gasteiger partial charge in [-0.05, 0) is 37.7 Å². The number of ether oxygens (including phenoxy) is 1. The van der Waals surface area contributed by atoms with Crippen molar-refractivity contribution in [1.82, 2.24) is 15.1 Å². The van der Waals surface area contributed by atoms with E-state index in [2.05, 4.69) is 17.3 Å². The first-order valence-corrected chi connectivity index (χ1v) is 6.66. The number of aryl methyl sites for hydroxylation is 2. The molecule has 0 amide bonds. The molecule has 0 aliphatic heterocycles. The third kappa shape index (κ3) is 3.28. The van der Waals surface area contributed by atoms with Gasteiger partial charge in [-0.25, -0.2) is 4.68 Å². The van der Waals surface area contributed by atoms with E-state index in [0.29, 0.717) is 5.02 Å². The molecule has 2 rings (SSSR count). The maximum Gasteiger partial charge on any atom is 0.222 e. The molecule has 0 aliphatic carbocycles. The molecule has 102 valence electrons. The number of hydrogen-bond donors (Lipinski definition) is 1. The van der Waals surface area contributed by atoms with Crippen LogP contribution in [-0.4, -0.2) is 16.3 Å². The van der Waals surface area contributed by atoms with Crippen molar-refractivity contribution >= 4 is 11.6 Å². The Bertz CT molecular complexity index is 549. The molecule has 5 heteroatoms. The number of hydrogen-bond acceptors (Lipinski definition) is 3. The molecule has 0 saturated carbocycles. The van der Waals surface area contributed by atoms with E-state index in [-0.39, 0.29) is 0 Å². The second-order valence-corrected chi connectivity index (χ2v) is 4.77. The van der Waals surface area contributed by atoms with E-state index in [4.69, 9.17) is 16.3 Å². The molecular weight excluding hydrogens is 262 g/mol. The summed E-state index contributed by atoms with van der Waals surface area (Å²) in [6.45, 7) is 5.72. The summed E-state index contributed by atoms with van der Waals surface area (Å²) in [5.41, 5.74) is 2.06. The van der Waals surface area contributed by atoms with Crippen molar-refractivity contribution in [2.24, 2.45) is 7.05 Å². The van der Waals surface area contributed by atoms with Crippen LogP contribution in [0.1, 0.15) is 18.2 Å². The topological polar surface area (TPSA) is 39.1 Å². The number of halogens is 1. The van der Waals surface area contributed by atoms with Gasteiger partial charge in [-0.2, -0.15) is 5.10 Å². The maximum absolute atomic E-state index is 5.91. The lowest BCUT2D eigenvalue weighted by atomic mass is 10.2. The second kappa shape index (κ2) is 6.08. The van der Waals surface area contributed by atoms with Crippen molar-refractivity contribution < 1.29 is 4.74 Å². The highest BCUT2D eigenvalue weighted by Gasteiger charge is 2.14. The molecule has 1 aromatic heterocycles. The molecule has 0 bridgehead atoms. The van der Waals surface area contributed by atoms with Crippen LogP contribution in [0.5, 0.6) is 11.6 Å². The van der Waals surface area contributed by atoms with Gasteiger partial charge in [-0.15, -0.1) is 0 Å². The average molecular weight is 280 g/mol. The summed E-state index contributed by atoms with van der Waals surface area (Å²) in [5, 5.41) is 8.40. The molecule has 1 aromatic carbocycles. The molecule has 0 unspecified atom stereocenters. The quantitative estimate of drug-likeness (QED) is 0.913. The zero-order valence-corrected chi connectivity index (χ0v) is 12.2. The van der Waals surface area contributed by atoms with E-state index in [0.717, 1.165) is 36.0 Å². The van der Waals surface area contributed by atoms with Crippen LogP contribution in [0.25, 0.3) is 0 Å². The zero-order valence-electron chi connectivity index (χ0n) is 11.4. The zero-order chi connectivity index (χ0) is 13.8. The van der Waals surface area contributed by atoms with Gasteiger partial charge in [0, 0.05) is 18.6 Å². The van der Waals surface area contributed by atoms with Crippen molar-refractivity contribution in [2.45, 2.75) is 20.4 Å². The van der Waals surface area contributed by atoms with Crippen LogP contribution in [0, 0.1) is 6.92 Å². The Labute approximate surface area is 118 Å². The first kappa shape index (κ1) is 13.9. The molecule has 1 N–H and O–H groups in total. The van der Waals surface area contributed by atoms with Crippen LogP contribution >= 0.6 is 11.6 Å². The molecular formula is C14H18ClN3O. The Morgan fingerprint density at radius 3 is 2.63 bits per heavy atom. The molecule has 0 saturated heterocycles. The predicted molar refractivity (Wildman–Crippen MR) is 76.9 cm³/mol. The van der Waals surface area contributed by atoms with E-state index in [9.17, 15) is 0 Å². The van der Waals surface area contributed by atoms with Gasteiger partial charge in [0.05, 0.1) is 11.3 Å². The molecule has 0 radical (unpaired) electrons. The average Bonchev–Trinajstić information content (AvgIpc) is 2.65. The molecule has 0 atom stereocenters. The summed E-state index contributed by atoms with van der Waals surface area (Å²) in [5.74, 6) is 1.52. The molecule has 1 heterocycles. The summed E-state index contributed by atoms with van der Waals surface area (Å²) in [6.07, 6.45) is 0. The molecule has 4 nitrogen and oxygen atoms in total. The van der Waals surface area contributed by atoms with Crippen LogP contribution in [0.2, 0.25) is 5.02 Å². The minimum absolute atomic E-state index is 0.696. The molecule has 0 fully saturated rings. The lowest BCUT2D eigenvalue weighted by Gasteiger charge is -2.09.